The number of hydrogen-bond donors (Lipinski definition) is 1. The number of benzene rings is 1. The van der Waals surface area contributed by atoms with E-state index in [4.69, 9.17) is 4.74 Å². The van der Waals surface area contributed by atoms with Crippen molar-refractivity contribution in [3.63, 3.8) is 0 Å². The molecule has 0 amide bonds. The summed E-state index contributed by atoms with van der Waals surface area (Å²) in [7, 11) is 1.67. The fourth-order valence-electron chi connectivity index (χ4n) is 2.93. The van der Waals surface area contributed by atoms with Crippen LogP contribution in [0.5, 0.6) is 5.75 Å². The van der Waals surface area contributed by atoms with Crippen LogP contribution < -0.4 is 10.1 Å². The van der Waals surface area contributed by atoms with Gasteiger partial charge in [0.05, 0.1) is 7.11 Å². The van der Waals surface area contributed by atoms with Crippen molar-refractivity contribution < 1.29 is 9.53 Å². The Morgan fingerprint density at radius 1 is 1.32 bits per heavy atom. The highest BCUT2D eigenvalue weighted by Crippen LogP contribution is 2.39. The minimum absolute atomic E-state index is 0.303. The molecule has 1 fully saturated rings. The first-order chi connectivity index (χ1) is 9.24. The summed E-state index contributed by atoms with van der Waals surface area (Å²) in [4.78, 5) is 12.6. The van der Waals surface area contributed by atoms with E-state index in [2.05, 4.69) is 12.2 Å². The molecule has 1 aliphatic carbocycles. The second-order valence-corrected chi connectivity index (χ2v) is 5.16. The van der Waals surface area contributed by atoms with Gasteiger partial charge in [-0.05, 0) is 31.9 Å². The van der Waals surface area contributed by atoms with Crippen molar-refractivity contribution in [1.29, 1.82) is 0 Å². The van der Waals surface area contributed by atoms with Gasteiger partial charge in [0.1, 0.15) is 11.3 Å². The van der Waals surface area contributed by atoms with Crippen LogP contribution in [0, 0.1) is 0 Å². The highest BCUT2D eigenvalue weighted by Gasteiger charge is 2.42. The third-order valence-corrected chi connectivity index (χ3v) is 3.93. The Kier molecular flexibility index (Phi) is 4.59. The van der Waals surface area contributed by atoms with Gasteiger partial charge < -0.3 is 10.1 Å². The number of para-hydroxylation sites is 1. The Balaban J connectivity index is 2.44. The number of carbonyl (C=O) groups is 1. The maximum atomic E-state index is 12.6. The zero-order valence-electron chi connectivity index (χ0n) is 11.9. The van der Waals surface area contributed by atoms with E-state index < -0.39 is 5.54 Å². The van der Waals surface area contributed by atoms with E-state index in [9.17, 15) is 4.79 Å². The third kappa shape index (κ3) is 2.66. The van der Waals surface area contributed by atoms with Gasteiger partial charge in [-0.1, -0.05) is 31.5 Å². The average molecular weight is 261 g/mol. The fraction of sp³-hybridized carbons (Fsp3) is 0.562. The molecule has 104 valence electrons. The van der Waals surface area contributed by atoms with Crippen LogP contribution in [0.15, 0.2) is 24.3 Å². The molecule has 0 unspecified atom stereocenters. The summed E-state index contributed by atoms with van der Waals surface area (Å²) in [5.74, 6) is 1.11. The van der Waals surface area contributed by atoms with Crippen LogP contribution in [0.1, 0.15) is 44.6 Å². The van der Waals surface area contributed by atoms with Crippen LogP contribution in [0.3, 0.4) is 0 Å². The lowest BCUT2D eigenvalue weighted by molar-refractivity contribution is -0.128. The van der Waals surface area contributed by atoms with E-state index in [0.717, 1.165) is 43.5 Å². The van der Waals surface area contributed by atoms with Crippen LogP contribution in [-0.2, 0) is 10.3 Å². The van der Waals surface area contributed by atoms with E-state index in [1.54, 1.807) is 7.11 Å². The minimum Gasteiger partial charge on any atom is -0.496 e. The van der Waals surface area contributed by atoms with Crippen LogP contribution in [0.2, 0.25) is 0 Å². The summed E-state index contributed by atoms with van der Waals surface area (Å²) in [6.07, 6.45) is 4.63. The first kappa shape index (κ1) is 14.1. The lowest BCUT2D eigenvalue weighted by atomic mass is 9.75. The summed E-state index contributed by atoms with van der Waals surface area (Å²) >= 11 is 0. The fourth-order valence-corrected chi connectivity index (χ4v) is 2.93. The molecule has 0 aliphatic heterocycles. The van der Waals surface area contributed by atoms with Crippen molar-refractivity contribution in [2.45, 2.75) is 44.6 Å². The van der Waals surface area contributed by atoms with E-state index in [-0.39, 0.29) is 0 Å². The number of methoxy groups -OCH3 is 1. The molecule has 3 nitrogen and oxygen atoms in total. The van der Waals surface area contributed by atoms with Gasteiger partial charge >= 0.3 is 0 Å². The predicted octanol–water partition coefficient (Wildman–Crippen LogP) is 3.03. The lowest BCUT2D eigenvalue weighted by Gasteiger charge is -2.38. The first-order valence-corrected chi connectivity index (χ1v) is 7.16. The quantitative estimate of drug-likeness (QED) is 0.885. The van der Waals surface area contributed by atoms with Crippen molar-refractivity contribution in [2.24, 2.45) is 0 Å². The second-order valence-electron chi connectivity index (χ2n) is 5.16. The molecule has 3 heteroatoms. The Bertz CT molecular complexity index is 444. The van der Waals surface area contributed by atoms with Gasteiger partial charge in [-0.2, -0.15) is 0 Å². The summed E-state index contributed by atoms with van der Waals surface area (Å²) < 4.78 is 5.46. The molecule has 1 aliphatic rings. The highest BCUT2D eigenvalue weighted by molar-refractivity contribution is 5.91. The molecule has 1 N–H and O–H groups in total. The van der Waals surface area contributed by atoms with E-state index >= 15 is 0 Å². The standard InChI is InChI=1S/C16H23NO2/c1-3-12-17-16(11-7-6-10-15(16)18)13-8-4-5-9-14(13)19-2/h4-5,8-9,17H,3,6-7,10-12H2,1-2H3/t16-/m0/s1. The largest absolute Gasteiger partial charge is 0.496 e. The lowest BCUT2D eigenvalue weighted by Crippen LogP contribution is -2.51. The van der Waals surface area contributed by atoms with Gasteiger partial charge in [0.2, 0.25) is 0 Å². The van der Waals surface area contributed by atoms with Crippen molar-refractivity contribution in [1.82, 2.24) is 5.32 Å². The summed E-state index contributed by atoms with van der Waals surface area (Å²) in [5, 5.41) is 3.50. The van der Waals surface area contributed by atoms with E-state index in [1.165, 1.54) is 0 Å². The molecule has 1 aromatic carbocycles. The van der Waals surface area contributed by atoms with Crippen LogP contribution >= 0.6 is 0 Å². The Labute approximate surface area is 115 Å². The van der Waals surface area contributed by atoms with E-state index in [0.29, 0.717) is 12.2 Å². The van der Waals surface area contributed by atoms with Gasteiger partial charge in [0, 0.05) is 12.0 Å². The molecule has 2 rings (SSSR count). The Hall–Kier alpha value is -1.35. The number of Topliss-reactive ketones (excluding diaryl/α,β-unsaturated/α-hetero) is 1. The van der Waals surface area contributed by atoms with Crippen molar-refractivity contribution in [3.8, 4) is 5.75 Å². The molecule has 0 spiro atoms. The highest BCUT2D eigenvalue weighted by atomic mass is 16.5. The SMILES string of the molecule is CCCN[C@]1(c2ccccc2OC)CCCCC1=O. The maximum Gasteiger partial charge on any atom is 0.157 e. The maximum absolute atomic E-state index is 12.6. The smallest absolute Gasteiger partial charge is 0.157 e. The topological polar surface area (TPSA) is 38.3 Å². The second kappa shape index (κ2) is 6.20. The summed E-state index contributed by atoms with van der Waals surface area (Å²) in [6, 6.07) is 7.88. The number of nitrogens with one attached hydrogen (secondary N) is 1. The van der Waals surface area contributed by atoms with E-state index in [1.807, 2.05) is 24.3 Å². The average Bonchev–Trinajstić information content (AvgIpc) is 2.47. The molecule has 0 aromatic heterocycles. The van der Waals surface area contributed by atoms with Gasteiger partial charge in [-0.15, -0.1) is 0 Å². The molecular weight excluding hydrogens is 238 g/mol. The molecule has 1 atom stereocenters. The van der Waals surface area contributed by atoms with Gasteiger partial charge in [0.15, 0.2) is 5.78 Å². The van der Waals surface area contributed by atoms with Crippen molar-refractivity contribution >= 4 is 5.78 Å². The van der Waals surface area contributed by atoms with Crippen LogP contribution in [0.4, 0.5) is 0 Å². The molecule has 0 heterocycles. The molecule has 1 saturated carbocycles. The van der Waals surface area contributed by atoms with Gasteiger partial charge in [0.25, 0.3) is 0 Å². The number of hydrogen-bond acceptors (Lipinski definition) is 3. The van der Waals surface area contributed by atoms with Crippen molar-refractivity contribution in [2.75, 3.05) is 13.7 Å². The summed E-state index contributed by atoms with van der Waals surface area (Å²) in [5.41, 5.74) is 0.455. The van der Waals surface area contributed by atoms with Crippen LogP contribution in [0.25, 0.3) is 0 Å². The Morgan fingerprint density at radius 3 is 2.79 bits per heavy atom. The number of carbonyl (C=O) groups excluding carboxylic acids is 1. The first-order valence-electron chi connectivity index (χ1n) is 7.16. The molecule has 0 saturated heterocycles. The third-order valence-electron chi connectivity index (χ3n) is 3.93. The van der Waals surface area contributed by atoms with Crippen molar-refractivity contribution in [3.05, 3.63) is 29.8 Å². The predicted molar refractivity (Wildman–Crippen MR) is 76.4 cm³/mol. The van der Waals surface area contributed by atoms with Gasteiger partial charge in [-0.3, -0.25) is 4.79 Å². The van der Waals surface area contributed by atoms with Crippen LogP contribution in [-0.4, -0.2) is 19.4 Å². The number of rotatable bonds is 5. The molecule has 0 radical (unpaired) electrons. The number of ketones is 1. The molecule has 1 aromatic rings. The molecular formula is C16H23NO2. The zero-order valence-corrected chi connectivity index (χ0v) is 11.9. The van der Waals surface area contributed by atoms with Gasteiger partial charge in [-0.25, -0.2) is 0 Å². The molecule has 19 heavy (non-hydrogen) atoms. The molecule has 0 bridgehead atoms. The zero-order chi connectivity index (χ0) is 13.7. The normalized spacial score (nSPS) is 23.4. The summed E-state index contributed by atoms with van der Waals surface area (Å²) in [6.45, 7) is 2.97. The minimum atomic E-state index is -0.541. The Morgan fingerprint density at radius 2 is 2.11 bits per heavy atom. The number of ether oxygens (including phenoxy) is 1. The monoisotopic (exact) mass is 261 g/mol.